The molecular formula is C14H24N2O. The summed E-state index contributed by atoms with van der Waals surface area (Å²) in [5.41, 5.74) is 6.97. The van der Waals surface area contributed by atoms with E-state index in [0.717, 1.165) is 38.9 Å². The summed E-state index contributed by atoms with van der Waals surface area (Å²) in [6.45, 7) is 3.97. The van der Waals surface area contributed by atoms with Crippen molar-refractivity contribution in [3.8, 4) is 0 Å². The van der Waals surface area contributed by atoms with Crippen LogP contribution in [0.1, 0.15) is 24.8 Å². The lowest BCUT2D eigenvalue weighted by atomic mass is 10.2. The summed E-state index contributed by atoms with van der Waals surface area (Å²) in [5.74, 6) is 0. The number of unbranched alkanes of at least 4 members (excludes halogenated alkanes) is 2. The third-order valence-electron chi connectivity index (χ3n) is 2.83. The number of hydrogen-bond donors (Lipinski definition) is 2. The third kappa shape index (κ3) is 6.41. The predicted molar refractivity (Wildman–Crippen MR) is 71.7 cm³/mol. The number of aliphatic hydroxyl groups excluding tert-OH is 1. The second kappa shape index (κ2) is 9.16. The molecule has 3 heteroatoms. The summed E-state index contributed by atoms with van der Waals surface area (Å²) < 4.78 is 0. The molecule has 0 saturated heterocycles. The molecule has 0 unspecified atom stereocenters. The van der Waals surface area contributed by atoms with Crippen LogP contribution < -0.4 is 5.73 Å². The first-order valence-corrected chi connectivity index (χ1v) is 6.44. The van der Waals surface area contributed by atoms with Crippen LogP contribution in [0.3, 0.4) is 0 Å². The van der Waals surface area contributed by atoms with Crippen LogP contribution in [-0.4, -0.2) is 36.2 Å². The summed E-state index contributed by atoms with van der Waals surface area (Å²) in [4.78, 5) is 2.38. The molecule has 0 heterocycles. The Kier molecular flexibility index (Phi) is 7.63. The molecule has 0 radical (unpaired) electrons. The molecule has 0 saturated carbocycles. The smallest absolute Gasteiger partial charge is 0.0431 e. The van der Waals surface area contributed by atoms with Crippen molar-refractivity contribution in [3.05, 3.63) is 35.9 Å². The van der Waals surface area contributed by atoms with Gasteiger partial charge in [0.15, 0.2) is 0 Å². The monoisotopic (exact) mass is 236 g/mol. The lowest BCUT2D eigenvalue weighted by Crippen LogP contribution is -2.30. The summed E-state index contributed by atoms with van der Waals surface area (Å²) in [6.07, 6.45) is 3.13. The Morgan fingerprint density at radius 1 is 1.00 bits per heavy atom. The lowest BCUT2D eigenvalue weighted by molar-refractivity contribution is 0.251. The van der Waals surface area contributed by atoms with Gasteiger partial charge in [-0.1, -0.05) is 30.3 Å². The number of rotatable bonds is 9. The van der Waals surface area contributed by atoms with Crippen molar-refractivity contribution in [2.45, 2.75) is 25.8 Å². The Bertz CT molecular complexity index is 277. The molecule has 17 heavy (non-hydrogen) atoms. The number of benzene rings is 1. The van der Waals surface area contributed by atoms with Crippen LogP contribution in [0, 0.1) is 0 Å². The van der Waals surface area contributed by atoms with Crippen molar-refractivity contribution >= 4 is 0 Å². The van der Waals surface area contributed by atoms with E-state index in [1.807, 2.05) is 6.07 Å². The number of nitrogens with zero attached hydrogens (tertiary/aromatic N) is 1. The van der Waals surface area contributed by atoms with Crippen LogP contribution >= 0.6 is 0 Å². The van der Waals surface area contributed by atoms with E-state index < -0.39 is 0 Å². The molecule has 1 aromatic rings. The number of nitrogens with two attached hydrogens (primary N) is 1. The molecule has 1 rings (SSSR count). The predicted octanol–water partition coefficient (Wildman–Crippen LogP) is 1.61. The Morgan fingerprint density at radius 3 is 2.41 bits per heavy atom. The van der Waals surface area contributed by atoms with Crippen molar-refractivity contribution in [1.29, 1.82) is 0 Å². The minimum Gasteiger partial charge on any atom is -0.396 e. The maximum Gasteiger partial charge on any atom is 0.0431 e. The molecule has 0 aromatic heterocycles. The second-order valence-electron chi connectivity index (χ2n) is 4.33. The highest BCUT2D eigenvalue weighted by molar-refractivity contribution is 5.14. The van der Waals surface area contributed by atoms with Gasteiger partial charge in [-0.05, 0) is 31.4 Å². The van der Waals surface area contributed by atoms with Gasteiger partial charge in [-0.25, -0.2) is 0 Å². The zero-order valence-corrected chi connectivity index (χ0v) is 10.5. The zero-order chi connectivity index (χ0) is 12.3. The quantitative estimate of drug-likeness (QED) is 0.640. The van der Waals surface area contributed by atoms with Crippen molar-refractivity contribution < 1.29 is 5.11 Å². The van der Waals surface area contributed by atoms with Gasteiger partial charge < -0.3 is 10.8 Å². The largest absolute Gasteiger partial charge is 0.396 e. The van der Waals surface area contributed by atoms with Crippen molar-refractivity contribution in [2.24, 2.45) is 5.73 Å². The van der Waals surface area contributed by atoms with Crippen LogP contribution in [0.4, 0.5) is 0 Å². The van der Waals surface area contributed by atoms with Gasteiger partial charge in [0.05, 0.1) is 0 Å². The standard InChI is InChI=1S/C14H24N2O/c15-9-11-16(10-5-2-6-12-17)13-14-7-3-1-4-8-14/h1,3-4,7-8,17H,2,5-6,9-13,15H2. The Hall–Kier alpha value is -0.900. The molecule has 1 aromatic carbocycles. The van der Waals surface area contributed by atoms with Gasteiger partial charge in [-0.2, -0.15) is 0 Å². The minimum atomic E-state index is 0.301. The fraction of sp³-hybridized carbons (Fsp3) is 0.571. The normalized spacial score (nSPS) is 11.0. The average molecular weight is 236 g/mol. The molecule has 0 fully saturated rings. The van der Waals surface area contributed by atoms with E-state index in [9.17, 15) is 0 Å². The summed E-state index contributed by atoms with van der Waals surface area (Å²) in [6, 6.07) is 10.5. The lowest BCUT2D eigenvalue weighted by Gasteiger charge is -2.21. The Morgan fingerprint density at radius 2 is 1.76 bits per heavy atom. The Balaban J connectivity index is 2.32. The van der Waals surface area contributed by atoms with Crippen molar-refractivity contribution in [1.82, 2.24) is 4.90 Å². The first-order chi connectivity index (χ1) is 8.36. The molecule has 96 valence electrons. The van der Waals surface area contributed by atoms with E-state index in [0.29, 0.717) is 13.2 Å². The van der Waals surface area contributed by atoms with E-state index in [-0.39, 0.29) is 0 Å². The topological polar surface area (TPSA) is 49.5 Å². The van der Waals surface area contributed by atoms with Gasteiger partial charge in [-0.15, -0.1) is 0 Å². The van der Waals surface area contributed by atoms with Crippen molar-refractivity contribution in [2.75, 3.05) is 26.2 Å². The van der Waals surface area contributed by atoms with Crippen LogP contribution in [0.5, 0.6) is 0 Å². The van der Waals surface area contributed by atoms with Crippen LogP contribution in [0.15, 0.2) is 30.3 Å². The van der Waals surface area contributed by atoms with Gasteiger partial charge in [0, 0.05) is 26.2 Å². The van der Waals surface area contributed by atoms with Crippen molar-refractivity contribution in [3.63, 3.8) is 0 Å². The second-order valence-corrected chi connectivity index (χ2v) is 4.33. The molecule has 3 N–H and O–H groups in total. The van der Waals surface area contributed by atoms with Crippen LogP contribution in [0.2, 0.25) is 0 Å². The molecule has 0 bridgehead atoms. The molecular weight excluding hydrogens is 212 g/mol. The minimum absolute atomic E-state index is 0.301. The summed E-state index contributed by atoms with van der Waals surface area (Å²) in [5, 5.41) is 8.74. The van der Waals surface area contributed by atoms with E-state index >= 15 is 0 Å². The van der Waals surface area contributed by atoms with E-state index in [1.165, 1.54) is 5.56 Å². The van der Waals surface area contributed by atoms with Gasteiger partial charge in [0.1, 0.15) is 0 Å². The molecule has 0 atom stereocenters. The zero-order valence-electron chi connectivity index (χ0n) is 10.5. The van der Waals surface area contributed by atoms with Gasteiger partial charge in [-0.3, -0.25) is 4.90 Å². The molecule has 0 aliphatic rings. The SMILES string of the molecule is NCCN(CCCCCO)Cc1ccccc1. The maximum atomic E-state index is 8.74. The molecule has 0 amide bonds. The van der Waals surface area contributed by atoms with E-state index in [4.69, 9.17) is 10.8 Å². The van der Waals surface area contributed by atoms with Gasteiger partial charge in [0.25, 0.3) is 0 Å². The molecule has 0 spiro atoms. The van der Waals surface area contributed by atoms with Gasteiger partial charge in [0.2, 0.25) is 0 Å². The highest BCUT2D eigenvalue weighted by Crippen LogP contribution is 2.06. The van der Waals surface area contributed by atoms with Crippen LogP contribution in [0.25, 0.3) is 0 Å². The number of aliphatic hydroxyl groups is 1. The Labute approximate surface area is 104 Å². The van der Waals surface area contributed by atoms with E-state index in [2.05, 4.69) is 29.2 Å². The number of hydrogen-bond acceptors (Lipinski definition) is 3. The van der Waals surface area contributed by atoms with Gasteiger partial charge >= 0.3 is 0 Å². The molecule has 3 nitrogen and oxygen atoms in total. The van der Waals surface area contributed by atoms with E-state index in [1.54, 1.807) is 0 Å². The average Bonchev–Trinajstić information content (AvgIpc) is 2.36. The maximum absolute atomic E-state index is 8.74. The highest BCUT2D eigenvalue weighted by atomic mass is 16.2. The summed E-state index contributed by atoms with van der Waals surface area (Å²) in [7, 11) is 0. The molecule has 0 aliphatic carbocycles. The fourth-order valence-electron chi connectivity index (χ4n) is 1.92. The fourth-order valence-corrected chi connectivity index (χ4v) is 1.92. The van der Waals surface area contributed by atoms with Crippen LogP contribution in [-0.2, 0) is 6.54 Å². The highest BCUT2D eigenvalue weighted by Gasteiger charge is 2.04. The molecule has 0 aliphatic heterocycles. The first kappa shape index (κ1) is 14.2. The first-order valence-electron chi connectivity index (χ1n) is 6.44. The third-order valence-corrected chi connectivity index (χ3v) is 2.83. The summed E-state index contributed by atoms with van der Waals surface area (Å²) >= 11 is 0.